The molecule has 0 bridgehead atoms. The summed E-state index contributed by atoms with van der Waals surface area (Å²) in [5, 5.41) is 8.83. The lowest BCUT2D eigenvalue weighted by Crippen LogP contribution is -2.07. The third kappa shape index (κ3) is 5.49. The van der Waals surface area contributed by atoms with Crippen LogP contribution in [0.4, 0.5) is 0 Å². The van der Waals surface area contributed by atoms with E-state index >= 15 is 0 Å². The number of fused-ring (bicyclic) bond motifs is 12. The molecule has 0 saturated carbocycles. The normalized spacial score (nSPS) is 12.0. The number of carbonyl (C=O) groups excluding carboxylic acids is 1. The first-order chi connectivity index (χ1) is 31.4. The summed E-state index contributed by atoms with van der Waals surface area (Å²) in [6, 6.07) is 66.2. The van der Waals surface area contributed by atoms with E-state index in [1.807, 2.05) is 30.3 Å². The van der Waals surface area contributed by atoms with Crippen molar-refractivity contribution >= 4 is 93.5 Å². The van der Waals surface area contributed by atoms with Crippen molar-refractivity contribution in [1.82, 2.24) is 9.13 Å². The Kier molecular flexibility index (Phi) is 7.72. The number of rotatable bonds is 6. The Labute approximate surface area is 366 Å². The Morgan fingerprint density at radius 2 is 0.828 bits per heavy atom. The highest BCUT2D eigenvalue weighted by atomic mass is 16.5. The molecular weight excluding hydrogens is 789 g/mol. The SMILES string of the molecule is C=C(C)C(=O)Oc1ccc2oc3ccc(-c4ccc5c(c4)c4ccccc4n5-c4cccc(-n5c6ccccc6c6cc(-c7ccc8oc9ccccc9c8c7)ccc65)c4)cc3c2c1. The summed E-state index contributed by atoms with van der Waals surface area (Å²) in [4.78, 5) is 12.3. The van der Waals surface area contributed by atoms with E-state index < -0.39 is 5.97 Å². The van der Waals surface area contributed by atoms with Gasteiger partial charge in [0.15, 0.2) is 0 Å². The van der Waals surface area contributed by atoms with E-state index in [0.717, 1.165) is 105 Å². The van der Waals surface area contributed by atoms with Crippen LogP contribution in [0.5, 0.6) is 5.75 Å². The molecule has 0 aliphatic heterocycles. The molecule has 4 heterocycles. The van der Waals surface area contributed by atoms with Gasteiger partial charge in [-0.05, 0) is 132 Å². The van der Waals surface area contributed by atoms with Crippen molar-refractivity contribution in [3.63, 3.8) is 0 Å². The average molecular weight is 825 g/mol. The number of ether oxygens (including phenoxy) is 1. The average Bonchev–Trinajstić information content (AvgIpc) is 4.08. The van der Waals surface area contributed by atoms with Crippen LogP contribution in [0.2, 0.25) is 0 Å². The fourth-order valence-electron chi connectivity index (χ4n) is 9.73. The van der Waals surface area contributed by atoms with Gasteiger partial charge in [0.2, 0.25) is 0 Å². The van der Waals surface area contributed by atoms with Gasteiger partial charge in [-0.3, -0.25) is 0 Å². The van der Waals surface area contributed by atoms with Crippen LogP contribution in [0.3, 0.4) is 0 Å². The minimum absolute atomic E-state index is 0.344. The van der Waals surface area contributed by atoms with Gasteiger partial charge in [0.05, 0.1) is 22.1 Å². The molecule has 0 N–H and O–H groups in total. The summed E-state index contributed by atoms with van der Waals surface area (Å²) >= 11 is 0. The summed E-state index contributed by atoms with van der Waals surface area (Å²) < 4.78 is 22.7. The number of para-hydroxylation sites is 3. The van der Waals surface area contributed by atoms with Crippen LogP contribution in [0.15, 0.2) is 209 Å². The molecule has 9 aromatic carbocycles. The highest BCUT2D eigenvalue weighted by Crippen LogP contribution is 2.41. The van der Waals surface area contributed by atoms with Crippen LogP contribution < -0.4 is 4.74 Å². The molecule has 0 fully saturated rings. The molecule has 0 radical (unpaired) electrons. The molecule has 0 unspecified atom stereocenters. The number of hydrogen-bond donors (Lipinski definition) is 0. The van der Waals surface area contributed by atoms with E-state index in [1.54, 1.807) is 13.0 Å². The van der Waals surface area contributed by atoms with E-state index in [4.69, 9.17) is 13.6 Å². The number of furan rings is 2. The van der Waals surface area contributed by atoms with Gasteiger partial charge in [0, 0.05) is 60.0 Å². The van der Waals surface area contributed by atoms with Crippen LogP contribution in [-0.4, -0.2) is 15.1 Å². The van der Waals surface area contributed by atoms with Crippen molar-refractivity contribution in [2.24, 2.45) is 0 Å². The van der Waals surface area contributed by atoms with Crippen molar-refractivity contribution < 1.29 is 18.4 Å². The maximum absolute atomic E-state index is 12.3. The minimum Gasteiger partial charge on any atom is -0.456 e. The van der Waals surface area contributed by atoms with Crippen LogP contribution in [0.25, 0.3) is 121 Å². The van der Waals surface area contributed by atoms with E-state index in [2.05, 4.69) is 167 Å². The summed E-state index contributed by atoms with van der Waals surface area (Å²) in [7, 11) is 0. The second kappa shape index (κ2) is 13.7. The second-order valence-electron chi connectivity index (χ2n) is 16.6. The van der Waals surface area contributed by atoms with Crippen LogP contribution in [-0.2, 0) is 4.79 Å². The van der Waals surface area contributed by atoms with Crippen molar-refractivity contribution in [3.8, 4) is 39.4 Å². The summed E-state index contributed by atoms with van der Waals surface area (Å²) in [5.74, 6) is -0.00409. The standard InChI is InChI=1S/C58H36N2O4/c1-34(2)58(61)62-41-22-27-57-49(33-41)48-31-38(21-26-56(48)64-57)36-19-24-53-46(29-36)43-13-4-7-16-51(43)60(53)40-11-9-10-39(32-40)59-50-15-6-3-12-42(50)45-28-35(18-23-52(45)59)37-20-25-55-47(30-37)44-14-5-8-17-54(44)63-55/h3-33H,1H2,2H3. The zero-order valence-corrected chi connectivity index (χ0v) is 34.6. The predicted octanol–water partition coefficient (Wildman–Crippen LogP) is 15.5. The zero-order valence-electron chi connectivity index (χ0n) is 34.6. The minimum atomic E-state index is -0.456. The zero-order chi connectivity index (χ0) is 42.6. The van der Waals surface area contributed by atoms with Gasteiger partial charge in [0.25, 0.3) is 0 Å². The van der Waals surface area contributed by atoms with E-state index in [1.165, 1.54) is 16.2 Å². The first-order valence-electron chi connectivity index (χ1n) is 21.4. The number of hydrogen-bond acceptors (Lipinski definition) is 4. The third-order valence-electron chi connectivity index (χ3n) is 12.7. The molecule has 13 aromatic rings. The number of esters is 1. The first kappa shape index (κ1) is 36.1. The molecule has 6 heteroatoms. The highest BCUT2D eigenvalue weighted by molar-refractivity contribution is 6.13. The van der Waals surface area contributed by atoms with E-state index in [-0.39, 0.29) is 0 Å². The van der Waals surface area contributed by atoms with Crippen molar-refractivity contribution in [2.75, 3.05) is 0 Å². The highest BCUT2D eigenvalue weighted by Gasteiger charge is 2.19. The van der Waals surface area contributed by atoms with Crippen LogP contribution in [0.1, 0.15) is 6.92 Å². The van der Waals surface area contributed by atoms with E-state index in [9.17, 15) is 4.79 Å². The first-order valence-corrected chi connectivity index (χ1v) is 21.4. The topological polar surface area (TPSA) is 62.4 Å². The fraction of sp³-hybridized carbons (Fsp3) is 0.0172. The molecule has 0 aliphatic carbocycles. The molecule has 13 rings (SSSR count). The van der Waals surface area contributed by atoms with Gasteiger partial charge in [-0.2, -0.15) is 0 Å². The third-order valence-corrected chi connectivity index (χ3v) is 12.7. The Hall–Kier alpha value is -8.61. The largest absolute Gasteiger partial charge is 0.456 e. The molecule has 0 amide bonds. The predicted molar refractivity (Wildman–Crippen MR) is 261 cm³/mol. The molecule has 0 spiro atoms. The maximum Gasteiger partial charge on any atom is 0.338 e. The number of carbonyl (C=O) groups is 1. The van der Waals surface area contributed by atoms with Gasteiger partial charge in [-0.15, -0.1) is 0 Å². The molecule has 302 valence electrons. The number of benzene rings is 9. The Morgan fingerprint density at radius 1 is 0.406 bits per heavy atom. The van der Waals surface area contributed by atoms with Crippen molar-refractivity contribution in [1.29, 1.82) is 0 Å². The molecular formula is C58H36N2O4. The van der Waals surface area contributed by atoms with Gasteiger partial charge >= 0.3 is 5.97 Å². The summed E-state index contributed by atoms with van der Waals surface area (Å²) in [6.45, 7) is 5.35. The lowest BCUT2D eigenvalue weighted by atomic mass is 10.0. The lowest BCUT2D eigenvalue weighted by Gasteiger charge is -2.13. The number of aromatic nitrogens is 2. The molecule has 6 nitrogen and oxygen atoms in total. The van der Waals surface area contributed by atoms with Crippen molar-refractivity contribution in [2.45, 2.75) is 6.92 Å². The Bertz CT molecular complexity index is 4120. The molecule has 4 aromatic heterocycles. The van der Waals surface area contributed by atoms with Gasteiger partial charge in [-0.25, -0.2) is 4.79 Å². The quantitative estimate of drug-likeness (QED) is 0.0952. The Balaban J connectivity index is 0.915. The monoisotopic (exact) mass is 824 g/mol. The molecule has 0 saturated heterocycles. The molecule has 0 aliphatic rings. The fourth-order valence-corrected chi connectivity index (χ4v) is 9.73. The summed E-state index contributed by atoms with van der Waals surface area (Å²) in [5.41, 5.74) is 14.8. The molecule has 64 heavy (non-hydrogen) atoms. The smallest absolute Gasteiger partial charge is 0.338 e. The van der Waals surface area contributed by atoms with Crippen LogP contribution in [0, 0.1) is 0 Å². The molecule has 0 atom stereocenters. The van der Waals surface area contributed by atoms with Crippen LogP contribution >= 0.6 is 0 Å². The number of nitrogens with zero attached hydrogens (tertiary/aromatic N) is 2. The van der Waals surface area contributed by atoms with Gasteiger partial charge in [-0.1, -0.05) is 91.5 Å². The van der Waals surface area contributed by atoms with Crippen molar-refractivity contribution in [3.05, 3.63) is 200 Å². The maximum atomic E-state index is 12.3. The Morgan fingerprint density at radius 3 is 1.39 bits per heavy atom. The van der Waals surface area contributed by atoms with E-state index in [0.29, 0.717) is 11.3 Å². The summed E-state index contributed by atoms with van der Waals surface area (Å²) in [6.07, 6.45) is 0. The second-order valence-corrected chi connectivity index (χ2v) is 16.6. The van der Waals surface area contributed by atoms with Gasteiger partial charge < -0.3 is 22.7 Å². The lowest BCUT2D eigenvalue weighted by molar-refractivity contribution is -0.130. The van der Waals surface area contributed by atoms with Gasteiger partial charge in [0.1, 0.15) is 28.1 Å².